The molecule has 0 unspecified atom stereocenters. The van der Waals surface area contributed by atoms with Gasteiger partial charge in [-0.3, -0.25) is 18.8 Å². The van der Waals surface area contributed by atoms with Crippen LogP contribution in [0.5, 0.6) is 0 Å². The molecule has 0 fully saturated rings. The van der Waals surface area contributed by atoms with Gasteiger partial charge in [-0.05, 0) is 36.1 Å². The van der Waals surface area contributed by atoms with Crippen molar-refractivity contribution < 1.29 is 4.79 Å². The van der Waals surface area contributed by atoms with Gasteiger partial charge in [0.15, 0.2) is 11.5 Å². The first-order chi connectivity index (χ1) is 17.9. The van der Waals surface area contributed by atoms with Crippen molar-refractivity contribution in [2.75, 3.05) is 5.73 Å². The van der Waals surface area contributed by atoms with Crippen molar-refractivity contribution in [3.8, 4) is 17.5 Å². The molecule has 0 bridgehead atoms. The lowest BCUT2D eigenvalue weighted by molar-refractivity contribution is 0.0996. The van der Waals surface area contributed by atoms with Gasteiger partial charge in [-0.25, -0.2) is 9.97 Å². The SMILES string of the molecule is CCc1cc2cccc(C#Cc3cnn(C)c3)c2c(=O)n1-c1ccccc1.NC(=O)c1nccnc1N. The highest BCUT2D eigenvalue weighted by Crippen LogP contribution is 2.19. The highest BCUT2D eigenvalue weighted by molar-refractivity contribution is 5.94. The second kappa shape index (κ2) is 11.0. The number of primary amides is 1. The summed E-state index contributed by atoms with van der Waals surface area (Å²) in [5.41, 5.74) is 13.5. The van der Waals surface area contributed by atoms with Crippen molar-refractivity contribution in [2.45, 2.75) is 13.3 Å². The Labute approximate surface area is 213 Å². The lowest BCUT2D eigenvalue weighted by Gasteiger charge is -2.14. The Kier molecular flexibility index (Phi) is 7.40. The van der Waals surface area contributed by atoms with Crippen molar-refractivity contribution in [3.63, 3.8) is 0 Å². The molecule has 0 spiro atoms. The van der Waals surface area contributed by atoms with Crippen LogP contribution in [0.4, 0.5) is 5.82 Å². The third-order valence-corrected chi connectivity index (χ3v) is 5.51. The van der Waals surface area contributed by atoms with E-state index >= 15 is 0 Å². The minimum absolute atomic E-state index is 0.0162. The van der Waals surface area contributed by atoms with Gasteiger partial charge < -0.3 is 11.5 Å². The third-order valence-electron chi connectivity index (χ3n) is 5.51. The first-order valence-electron chi connectivity index (χ1n) is 11.5. The van der Waals surface area contributed by atoms with Gasteiger partial charge in [0.2, 0.25) is 0 Å². The average Bonchev–Trinajstić information content (AvgIpc) is 3.33. The van der Waals surface area contributed by atoms with E-state index in [9.17, 15) is 9.59 Å². The number of anilines is 1. The number of carbonyl (C=O) groups excluding carboxylic acids is 1. The van der Waals surface area contributed by atoms with Gasteiger partial charge in [-0.2, -0.15) is 5.10 Å². The highest BCUT2D eigenvalue weighted by Gasteiger charge is 2.12. The van der Waals surface area contributed by atoms with Crippen LogP contribution in [0.15, 0.2) is 84.2 Å². The number of carbonyl (C=O) groups is 1. The second-order valence-electron chi connectivity index (χ2n) is 8.04. The zero-order valence-corrected chi connectivity index (χ0v) is 20.4. The van der Waals surface area contributed by atoms with E-state index in [0.29, 0.717) is 5.39 Å². The quantitative estimate of drug-likeness (QED) is 0.373. The summed E-state index contributed by atoms with van der Waals surface area (Å²) < 4.78 is 3.50. The number of benzene rings is 2. The van der Waals surface area contributed by atoms with E-state index < -0.39 is 5.91 Å². The minimum Gasteiger partial charge on any atom is -0.382 e. The van der Waals surface area contributed by atoms with E-state index in [1.165, 1.54) is 12.4 Å². The van der Waals surface area contributed by atoms with Crippen LogP contribution in [0, 0.1) is 11.8 Å². The second-order valence-corrected chi connectivity index (χ2v) is 8.04. The highest BCUT2D eigenvalue weighted by atomic mass is 16.1. The van der Waals surface area contributed by atoms with Gasteiger partial charge in [-0.15, -0.1) is 0 Å². The maximum Gasteiger partial charge on any atom is 0.271 e. The zero-order valence-electron chi connectivity index (χ0n) is 20.4. The van der Waals surface area contributed by atoms with Gasteiger partial charge >= 0.3 is 0 Å². The van der Waals surface area contributed by atoms with Gasteiger partial charge in [0.1, 0.15) is 0 Å². The lowest BCUT2D eigenvalue weighted by atomic mass is 10.0. The number of hydrogen-bond donors (Lipinski definition) is 2. The van der Waals surface area contributed by atoms with Gasteiger partial charge in [0, 0.05) is 42.6 Å². The molecule has 0 saturated carbocycles. The molecule has 0 aliphatic heterocycles. The van der Waals surface area contributed by atoms with E-state index in [-0.39, 0.29) is 17.1 Å². The molecular weight excluding hydrogens is 466 g/mol. The van der Waals surface area contributed by atoms with E-state index in [1.54, 1.807) is 15.4 Å². The van der Waals surface area contributed by atoms with Crippen LogP contribution in [0.3, 0.4) is 0 Å². The first kappa shape index (κ1) is 24.9. The predicted octanol–water partition coefficient (Wildman–Crippen LogP) is 2.84. The van der Waals surface area contributed by atoms with Crippen molar-refractivity contribution in [1.82, 2.24) is 24.3 Å². The Balaban J connectivity index is 0.000000270. The topological polar surface area (TPSA) is 135 Å². The molecule has 0 saturated heterocycles. The van der Waals surface area contributed by atoms with Gasteiger partial charge in [0.25, 0.3) is 11.5 Å². The van der Waals surface area contributed by atoms with Crippen LogP contribution in [0.25, 0.3) is 16.5 Å². The monoisotopic (exact) mass is 491 g/mol. The van der Waals surface area contributed by atoms with E-state index in [1.807, 2.05) is 61.8 Å². The Morgan fingerprint density at radius 2 is 1.78 bits per heavy atom. The van der Waals surface area contributed by atoms with Crippen molar-refractivity contribution >= 4 is 22.5 Å². The smallest absolute Gasteiger partial charge is 0.271 e. The van der Waals surface area contributed by atoms with Crippen LogP contribution in [0.2, 0.25) is 0 Å². The minimum atomic E-state index is -0.661. The molecule has 0 radical (unpaired) electrons. The summed E-state index contributed by atoms with van der Waals surface area (Å²) >= 11 is 0. The largest absolute Gasteiger partial charge is 0.382 e. The summed E-state index contributed by atoms with van der Waals surface area (Å²) in [6.07, 6.45) is 7.09. The fourth-order valence-corrected chi connectivity index (χ4v) is 3.80. The molecule has 4 N–H and O–H groups in total. The van der Waals surface area contributed by atoms with E-state index in [0.717, 1.165) is 34.3 Å². The summed E-state index contributed by atoms with van der Waals surface area (Å²) in [6, 6.07) is 17.6. The van der Waals surface area contributed by atoms with Crippen molar-refractivity contribution in [1.29, 1.82) is 0 Å². The number of hydrogen-bond acceptors (Lipinski definition) is 6. The fraction of sp³-hybridized carbons (Fsp3) is 0.107. The molecule has 5 aromatic rings. The maximum atomic E-state index is 13.4. The molecule has 5 rings (SSSR count). The molecule has 37 heavy (non-hydrogen) atoms. The number of nitrogens with two attached hydrogens (primary N) is 2. The number of aromatic nitrogens is 5. The summed E-state index contributed by atoms with van der Waals surface area (Å²) in [6.45, 7) is 2.06. The number of rotatable bonds is 3. The number of aryl methyl sites for hydroxylation is 2. The van der Waals surface area contributed by atoms with Crippen LogP contribution >= 0.6 is 0 Å². The molecule has 1 amide bonds. The number of amides is 1. The Morgan fingerprint density at radius 1 is 1.03 bits per heavy atom. The summed E-state index contributed by atoms with van der Waals surface area (Å²) in [5, 5.41) is 5.70. The number of fused-ring (bicyclic) bond motifs is 1. The van der Waals surface area contributed by atoms with Crippen molar-refractivity contribution in [2.24, 2.45) is 12.8 Å². The van der Waals surface area contributed by atoms with Gasteiger partial charge in [-0.1, -0.05) is 49.1 Å². The average molecular weight is 492 g/mol. The molecule has 3 aromatic heterocycles. The van der Waals surface area contributed by atoms with E-state index in [2.05, 4.69) is 39.9 Å². The summed E-state index contributed by atoms with van der Waals surface area (Å²) in [4.78, 5) is 31.1. The number of nitrogen functional groups attached to an aromatic ring is 1. The molecule has 3 heterocycles. The van der Waals surface area contributed by atoms with Crippen molar-refractivity contribution in [3.05, 3.63) is 112 Å². The standard InChI is InChI=1S/C23H19N3O.C5H6N4O/c1-3-20-14-19-9-7-8-18(13-12-17-15-24-25(2)16-17)22(19)23(27)26(20)21-10-5-4-6-11-21;6-4-3(5(7)10)8-1-2-9-4/h4-11,14-16H,3H2,1-2H3;1-2H,(H2,6,9)(H2,7,10). The van der Waals surface area contributed by atoms with E-state index in [4.69, 9.17) is 11.5 Å². The molecule has 184 valence electrons. The molecule has 9 nitrogen and oxygen atoms in total. The Hall–Kier alpha value is -5.23. The number of nitrogens with zero attached hydrogens (tertiary/aromatic N) is 5. The fourth-order valence-electron chi connectivity index (χ4n) is 3.80. The van der Waals surface area contributed by atoms with Gasteiger partial charge in [0.05, 0.1) is 17.1 Å². The number of pyridine rings is 1. The van der Waals surface area contributed by atoms with Crippen LogP contribution in [-0.2, 0) is 13.5 Å². The number of para-hydroxylation sites is 1. The molecule has 2 aromatic carbocycles. The molecule has 0 atom stereocenters. The molecular formula is C28H25N7O2. The molecule has 9 heteroatoms. The summed E-state index contributed by atoms with van der Waals surface area (Å²) in [7, 11) is 1.86. The summed E-state index contributed by atoms with van der Waals surface area (Å²) in [5.74, 6) is 5.67. The normalized spacial score (nSPS) is 10.2. The van der Waals surface area contributed by atoms with Crippen LogP contribution in [0.1, 0.15) is 34.2 Å². The maximum absolute atomic E-state index is 13.4. The first-order valence-corrected chi connectivity index (χ1v) is 11.5. The predicted molar refractivity (Wildman–Crippen MR) is 143 cm³/mol. The van der Waals surface area contributed by atoms with Crippen LogP contribution in [-0.4, -0.2) is 30.2 Å². The third kappa shape index (κ3) is 5.55. The molecule has 0 aliphatic carbocycles. The van der Waals surface area contributed by atoms with Crippen LogP contribution < -0.4 is 17.0 Å². The zero-order chi connectivity index (χ0) is 26.4. The Morgan fingerprint density at radius 3 is 2.41 bits per heavy atom. The molecule has 0 aliphatic rings. The Bertz CT molecular complexity index is 1690. The lowest BCUT2D eigenvalue weighted by Crippen LogP contribution is -2.22.